The van der Waals surface area contributed by atoms with Crippen molar-refractivity contribution in [2.75, 3.05) is 13.2 Å². The van der Waals surface area contributed by atoms with Crippen molar-refractivity contribution in [3.8, 4) is 34.0 Å². The van der Waals surface area contributed by atoms with Crippen LogP contribution in [0.1, 0.15) is 6.42 Å². The second kappa shape index (κ2) is 8.75. The number of nitrogens with one attached hydrogen (secondary N) is 1. The van der Waals surface area contributed by atoms with Crippen LogP contribution in [0.15, 0.2) is 67.0 Å². The number of ether oxygens (including phenoxy) is 3. The van der Waals surface area contributed by atoms with Crippen molar-refractivity contribution in [2.24, 2.45) is 0 Å². The van der Waals surface area contributed by atoms with Crippen molar-refractivity contribution in [2.45, 2.75) is 24.7 Å². The Balaban J connectivity index is 1.15. The Kier molecular flexibility index (Phi) is 5.22. The fraction of sp³-hybridized carbons (Fsp3) is 0.222. The highest BCUT2D eigenvalue weighted by Crippen LogP contribution is 2.34. The van der Waals surface area contributed by atoms with E-state index in [2.05, 4.69) is 20.2 Å². The monoisotopic (exact) mass is 501 g/mol. The molecule has 186 valence electrons. The number of hydrogen-bond acceptors (Lipinski definition) is 6. The topological polar surface area (TPSA) is 87.1 Å². The molecule has 0 aliphatic carbocycles. The van der Waals surface area contributed by atoms with Crippen molar-refractivity contribution >= 4 is 11.0 Å². The Hall–Kier alpha value is -4.15. The Morgan fingerprint density at radius 2 is 1.62 bits per heavy atom. The van der Waals surface area contributed by atoms with Gasteiger partial charge in [0.15, 0.2) is 11.9 Å². The van der Waals surface area contributed by atoms with Crippen LogP contribution >= 0.6 is 0 Å². The maximum absolute atomic E-state index is 15.5. The first kappa shape index (κ1) is 22.1. The van der Waals surface area contributed by atoms with Gasteiger partial charge in [-0.2, -0.15) is 20.0 Å². The van der Waals surface area contributed by atoms with Crippen molar-refractivity contribution in [1.29, 1.82) is 0 Å². The average Bonchev–Trinajstić information content (AvgIpc) is 3.71. The van der Waals surface area contributed by atoms with Gasteiger partial charge in [0.1, 0.15) is 17.4 Å². The van der Waals surface area contributed by atoms with Crippen LogP contribution < -0.4 is 4.74 Å². The van der Waals surface area contributed by atoms with Gasteiger partial charge in [0.25, 0.3) is 6.01 Å². The van der Waals surface area contributed by atoms with E-state index in [-0.39, 0.29) is 40.9 Å². The van der Waals surface area contributed by atoms with Crippen LogP contribution in [0.2, 0.25) is 0 Å². The largest absolute Gasteiger partial charge is 0.456 e. The lowest BCUT2D eigenvalue weighted by molar-refractivity contribution is 0.0273. The fourth-order valence-electron chi connectivity index (χ4n) is 5.02. The number of aromatic amines is 1. The van der Waals surface area contributed by atoms with Crippen molar-refractivity contribution < 1.29 is 23.0 Å². The second-order valence-corrected chi connectivity index (χ2v) is 9.08. The predicted octanol–water partition coefficient (Wildman–Crippen LogP) is 4.69. The molecule has 3 atom stereocenters. The van der Waals surface area contributed by atoms with Gasteiger partial charge < -0.3 is 19.2 Å². The van der Waals surface area contributed by atoms with Crippen LogP contribution in [0.3, 0.4) is 0 Å². The van der Waals surface area contributed by atoms with Gasteiger partial charge in [0.2, 0.25) is 0 Å². The average molecular weight is 501 g/mol. The van der Waals surface area contributed by atoms with Gasteiger partial charge >= 0.3 is 0 Å². The Bertz CT molecular complexity index is 1570. The van der Waals surface area contributed by atoms with E-state index in [9.17, 15) is 0 Å². The van der Waals surface area contributed by atoms with E-state index in [1.54, 1.807) is 24.5 Å². The van der Waals surface area contributed by atoms with E-state index in [0.717, 1.165) is 23.2 Å². The SMILES string of the molecule is Fc1cc2[nH]c(OC3CO[C@@H]4CCO[C@H]34)nc2c(F)c1-c1ccc(-c2ccc(-n3nccn3)cc2)cc1. The van der Waals surface area contributed by atoms with Gasteiger partial charge in [-0.05, 0) is 35.2 Å². The highest BCUT2D eigenvalue weighted by atomic mass is 19.1. The van der Waals surface area contributed by atoms with Crippen LogP contribution in [-0.4, -0.2) is 56.5 Å². The van der Waals surface area contributed by atoms with Crippen molar-refractivity contribution in [1.82, 2.24) is 25.0 Å². The molecule has 5 aromatic rings. The molecule has 0 radical (unpaired) electrons. The summed E-state index contributed by atoms with van der Waals surface area (Å²) in [6.45, 7) is 0.981. The normalized spacial score (nSPS) is 21.0. The fourth-order valence-corrected chi connectivity index (χ4v) is 5.02. The molecule has 0 amide bonds. The predicted molar refractivity (Wildman–Crippen MR) is 130 cm³/mol. The molecule has 7 rings (SSSR count). The third-order valence-corrected chi connectivity index (χ3v) is 6.85. The molecule has 37 heavy (non-hydrogen) atoms. The first-order valence-corrected chi connectivity index (χ1v) is 12.0. The minimum Gasteiger partial charge on any atom is -0.456 e. The van der Waals surface area contributed by atoms with Gasteiger partial charge in [-0.1, -0.05) is 36.4 Å². The number of imidazole rings is 1. The standard InChI is InChI=1S/C27H21F2N5O3/c28-19-13-20-25(33-27(32-20)37-22-14-36-21-9-12-35-26(21)22)24(29)23(19)17-3-1-15(2-4-17)16-5-7-18(8-6-16)34-30-10-11-31-34/h1-8,10-11,13,21-22,26H,9,12,14H2,(H,32,33)/t21-,22?,26+/m1/s1. The zero-order valence-corrected chi connectivity index (χ0v) is 19.5. The Morgan fingerprint density at radius 3 is 2.38 bits per heavy atom. The summed E-state index contributed by atoms with van der Waals surface area (Å²) in [6, 6.07) is 16.1. The summed E-state index contributed by atoms with van der Waals surface area (Å²) in [4.78, 5) is 8.67. The van der Waals surface area contributed by atoms with Crippen LogP contribution in [0.25, 0.3) is 39.0 Å². The minimum atomic E-state index is -0.748. The number of hydrogen-bond donors (Lipinski definition) is 1. The molecule has 2 saturated heterocycles. The van der Waals surface area contributed by atoms with Gasteiger partial charge in [-0.3, -0.25) is 0 Å². The minimum absolute atomic E-state index is 0.00414. The molecule has 3 aromatic carbocycles. The van der Waals surface area contributed by atoms with Crippen LogP contribution in [0.5, 0.6) is 6.01 Å². The molecule has 0 bridgehead atoms. The summed E-state index contributed by atoms with van der Waals surface area (Å²) < 4.78 is 47.9. The van der Waals surface area contributed by atoms with Crippen LogP contribution in [0, 0.1) is 11.6 Å². The van der Waals surface area contributed by atoms with E-state index in [0.29, 0.717) is 18.8 Å². The lowest BCUT2D eigenvalue weighted by Gasteiger charge is -2.15. The number of H-pyrrole nitrogens is 1. The maximum atomic E-state index is 15.5. The molecular weight excluding hydrogens is 480 g/mol. The number of benzene rings is 3. The first-order chi connectivity index (χ1) is 18.1. The Labute approximate surface area is 209 Å². The lowest BCUT2D eigenvalue weighted by Crippen LogP contribution is -2.32. The maximum Gasteiger partial charge on any atom is 0.295 e. The van der Waals surface area contributed by atoms with Gasteiger partial charge in [-0.25, -0.2) is 8.78 Å². The van der Waals surface area contributed by atoms with E-state index >= 15 is 8.78 Å². The molecule has 0 saturated carbocycles. The van der Waals surface area contributed by atoms with Gasteiger partial charge in [0.05, 0.1) is 41.9 Å². The molecule has 2 aromatic heterocycles. The summed E-state index contributed by atoms with van der Waals surface area (Å²) in [5, 5.41) is 8.24. The number of fused-ring (bicyclic) bond motifs is 2. The molecule has 8 nitrogen and oxygen atoms in total. The zero-order valence-electron chi connectivity index (χ0n) is 19.5. The molecule has 2 aliphatic heterocycles. The first-order valence-electron chi connectivity index (χ1n) is 12.0. The summed E-state index contributed by atoms with van der Waals surface area (Å²) >= 11 is 0. The number of nitrogens with zero attached hydrogens (tertiary/aromatic N) is 4. The van der Waals surface area contributed by atoms with Gasteiger partial charge in [-0.15, -0.1) is 0 Å². The number of rotatable bonds is 5. The van der Waals surface area contributed by atoms with Crippen LogP contribution in [0.4, 0.5) is 8.78 Å². The quantitative estimate of drug-likeness (QED) is 0.376. The smallest absolute Gasteiger partial charge is 0.295 e. The summed E-state index contributed by atoms with van der Waals surface area (Å²) in [5.41, 5.74) is 3.21. The zero-order chi connectivity index (χ0) is 24.9. The van der Waals surface area contributed by atoms with Gasteiger partial charge in [0, 0.05) is 12.7 Å². The highest BCUT2D eigenvalue weighted by Gasteiger charge is 2.43. The summed E-state index contributed by atoms with van der Waals surface area (Å²) in [7, 11) is 0. The summed E-state index contributed by atoms with van der Waals surface area (Å²) in [5.74, 6) is -1.44. The van der Waals surface area contributed by atoms with Crippen molar-refractivity contribution in [3.05, 3.63) is 78.6 Å². The summed E-state index contributed by atoms with van der Waals surface area (Å²) in [6.07, 6.45) is 3.52. The van der Waals surface area contributed by atoms with E-state index in [1.807, 2.05) is 36.4 Å². The van der Waals surface area contributed by atoms with E-state index < -0.39 is 11.6 Å². The molecule has 1 N–H and O–H groups in total. The van der Waals surface area contributed by atoms with E-state index in [4.69, 9.17) is 14.2 Å². The number of aromatic nitrogens is 5. The van der Waals surface area contributed by atoms with Crippen molar-refractivity contribution in [3.63, 3.8) is 0 Å². The second-order valence-electron chi connectivity index (χ2n) is 9.08. The highest BCUT2D eigenvalue weighted by molar-refractivity contribution is 5.84. The molecule has 1 unspecified atom stereocenters. The van der Waals surface area contributed by atoms with E-state index in [1.165, 1.54) is 10.9 Å². The lowest BCUT2D eigenvalue weighted by atomic mass is 9.99. The third-order valence-electron chi connectivity index (χ3n) is 6.85. The van der Waals surface area contributed by atoms with Crippen LogP contribution in [-0.2, 0) is 9.47 Å². The molecule has 2 fully saturated rings. The Morgan fingerprint density at radius 1 is 0.919 bits per heavy atom. The molecular formula is C27H21F2N5O3. The molecule has 2 aliphatic rings. The third kappa shape index (κ3) is 3.85. The molecule has 10 heteroatoms. The molecule has 4 heterocycles. The number of halogens is 2. The molecule has 0 spiro atoms.